The molecule has 1 atom stereocenters. The molecule has 0 spiro atoms. The molecule has 8 aromatic carbocycles. The summed E-state index contributed by atoms with van der Waals surface area (Å²) < 4.78 is 18.9. The average molecular weight is 483 g/mol. The largest absolute Gasteiger partial charge is 0.408 e. The molecule has 0 heterocycles. The average Bonchev–Trinajstić information content (AvgIpc) is 2.88. The fourth-order valence-electron chi connectivity index (χ4n) is 6.48. The van der Waals surface area contributed by atoms with Crippen molar-refractivity contribution in [2.45, 2.75) is 6.92 Å². The summed E-state index contributed by atoms with van der Waals surface area (Å²) in [4.78, 5) is 0. The summed E-state index contributed by atoms with van der Waals surface area (Å²) in [6.45, 7) is 2.23. The van der Waals surface area contributed by atoms with Gasteiger partial charge in [-0.3, -0.25) is 0 Å². The van der Waals surface area contributed by atoms with Crippen LogP contribution >= 0.6 is 0 Å². The number of rotatable bonds is 2. The Labute approximate surface area is 208 Å². The first kappa shape index (κ1) is 20.1. The van der Waals surface area contributed by atoms with E-state index in [9.17, 15) is 4.21 Å². The SMILES string of the molecule is C=S(C)(=O)Oc1c2ccccc2c2cc3ccc4c(C)c5ccccc5c5cc6ccc1c2c6c3c45. The van der Waals surface area contributed by atoms with Crippen molar-refractivity contribution in [3.8, 4) is 5.75 Å². The number of benzene rings is 8. The van der Waals surface area contributed by atoms with E-state index in [4.69, 9.17) is 4.18 Å². The maximum atomic E-state index is 12.8. The molecule has 0 radical (unpaired) electrons. The molecule has 0 aromatic heterocycles. The summed E-state index contributed by atoms with van der Waals surface area (Å²) in [7, 11) is -2.72. The Morgan fingerprint density at radius 1 is 0.583 bits per heavy atom. The summed E-state index contributed by atoms with van der Waals surface area (Å²) in [5.41, 5.74) is 1.31. The lowest BCUT2D eigenvalue weighted by atomic mass is 9.83. The first-order valence-electron chi connectivity index (χ1n) is 12.1. The maximum Gasteiger partial charge on any atom is 0.155 e. The highest BCUT2D eigenvalue weighted by Gasteiger charge is 2.22. The van der Waals surface area contributed by atoms with Crippen molar-refractivity contribution in [1.82, 2.24) is 0 Å². The second-order valence-electron chi connectivity index (χ2n) is 10.1. The molecule has 0 saturated carbocycles. The van der Waals surface area contributed by atoms with Crippen LogP contribution in [0.4, 0.5) is 0 Å². The van der Waals surface area contributed by atoms with E-state index in [1.165, 1.54) is 59.4 Å². The van der Waals surface area contributed by atoms with Gasteiger partial charge in [-0.05, 0) is 95.8 Å². The first-order chi connectivity index (χ1) is 17.4. The predicted octanol–water partition coefficient (Wildman–Crippen LogP) is 8.58. The molecule has 0 aliphatic heterocycles. The van der Waals surface area contributed by atoms with Crippen molar-refractivity contribution in [2.75, 3.05) is 6.26 Å². The molecule has 1 unspecified atom stereocenters. The van der Waals surface area contributed by atoms with E-state index in [-0.39, 0.29) is 0 Å². The lowest BCUT2D eigenvalue weighted by Gasteiger charge is -2.22. The Hall–Kier alpha value is -4.08. The van der Waals surface area contributed by atoms with Gasteiger partial charge < -0.3 is 4.18 Å². The zero-order valence-electron chi connectivity index (χ0n) is 20.0. The van der Waals surface area contributed by atoms with E-state index in [1.54, 1.807) is 6.26 Å². The van der Waals surface area contributed by atoms with Crippen molar-refractivity contribution in [1.29, 1.82) is 0 Å². The lowest BCUT2D eigenvalue weighted by Crippen LogP contribution is -2.06. The predicted molar refractivity (Wildman–Crippen MR) is 158 cm³/mol. The Bertz CT molecular complexity index is 2310. The maximum absolute atomic E-state index is 12.8. The Balaban J connectivity index is 1.72. The van der Waals surface area contributed by atoms with E-state index >= 15 is 0 Å². The van der Waals surface area contributed by atoms with Crippen LogP contribution in [0.1, 0.15) is 5.56 Å². The number of aryl methyl sites for hydroxylation is 1. The van der Waals surface area contributed by atoms with Gasteiger partial charge >= 0.3 is 0 Å². The molecule has 8 rings (SSSR count). The summed E-state index contributed by atoms with van der Waals surface area (Å²) >= 11 is 0. The van der Waals surface area contributed by atoms with Crippen molar-refractivity contribution in [3.63, 3.8) is 0 Å². The molecular formula is C33H22O2S. The molecule has 0 aliphatic carbocycles. The summed E-state index contributed by atoms with van der Waals surface area (Å²) in [5, 5.41) is 16.9. The van der Waals surface area contributed by atoms with Crippen LogP contribution in [0.3, 0.4) is 0 Å². The van der Waals surface area contributed by atoms with Gasteiger partial charge in [0, 0.05) is 22.4 Å². The summed E-state index contributed by atoms with van der Waals surface area (Å²) in [6.07, 6.45) is 1.55. The number of hydrogen-bond donors (Lipinski definition) is 0. The smallest absolute Gasteiger partial charge is 0.155 e. The Morgan fingerprint density at radius 2 is 1.08 bits per heavy atom. The van der Waals surface area contributed by atoms with Crippen LogP contribution < -0.4 is 4.18 Å². The normalized spacial score (nSPS) is 14.3. The first-order valence-corrected chi connectivity index (χ1v) is 14.2. The van der Waals surface area contributed by atoms with Crippen LogP contribution in [-0.2, 0) is 9.80 Å². The highest BCUT2D eigenvalue weighted by Crippen LogP contribution is 2.50. The van der Waals surface area contributed by atoms with Crippen molar-refractivity contribution < 1.29 is 8.39 Å². The van der Waals surface area contributed by atoms with Gasteiger partial charge in [0.1, 0.15) is 9.80 Å². The van der Waals surface area contributed by atoms with E-state index in [2.05, 4.69) is 91.7 Å². The molecule has 0 fully saturated rings. The quantitative estimate of drug-likeness (QED) is 0.140. The Kier molecular flexibility index (Phi) is 3.68. The minimum absolute atomic E-state index is 0.652. The van der Waals surface area contributed by atoms with Crippen molar-refractivity contribution in [3.05, 3.63) is 90.5 Å². The van der Waals surface area contributed by atoms with Crippen LogP contribution in [0.15, 0.2) is 84.9 Å². The van der Waals surface area contributed by atoms with Crippen LogP contribution in [0.5, 0.6) is 5.75 Å². The monoisotopic (exact) mass is 482 g/mol. The zero-order valence-corrected chi connectivity index (χ0v) is 20.8. The molecule has 0 saturated heterocycles. The fourth-order valence-corrected chi connectivity index (χ4v) is 7.01. The fraction of sp³-hybridized carbons (Fsp3) is 0.0606. The molecule has 0 amide bonds. The standard InChI is InChI=1S/C33H22O2S/c1-18-21-8-4-5-9-23(21)27-16-20-13-15-26-32-28(17-19-12-14-22(18)31(27)29(19)30(20)32)24-10-6-7-11-25(24)33(26)35-36(2,3)34/h4-17H,2H2,1,3H3. The molecule has 172 valence electrons. The van der Waals surface area contributed by atoms with Gasteiger partial charge in [0.2, 0.25) is 0 Å². The minimum Gasteiger partial charge on any atom is -0.408 e. The van der Waals surface area contributed by atoms with Crippen LogP contribution in [-0.4, -0.2) is 16.3 Å². The highest BCUT2D eigenvalue weighted by molar-refractivity contribution is 7.95. The van der Waals surface area contributed by atoms with Gasteiger partial charge in [0.15, 0.2) is 5.75 Å². The molecule has 0 bridgehead atoms. The molecule has 2 nitrogen and oxygen atoms in total. The number of hydrogen-bond acceptors (Lipinski definition) is 2. The van der Waals surface area contributed by atoms with Gasteiger partial charge in [-0.25, -0.2) is 4.21 Å². The lowest BCUT2D eigenvalue weighted by molar-refractivity contribution is 0.572. The van der Waals surface area contributed by atoms with Crippen molar-refractivity contribution >= 4 is 91.1 Å². The van der Waals surface area contributed by atoms with Gasteiger partial charge in [-0.2, -0.15) is 0 Å². The van der Waals surface area contributed by atoms with Crippen LogP contribution in [0, 0.1) is 6.92 Å². The topological polar surface area (TPSA) is 26.3 Å². The Morgan fingerprint density at radius 3 is 1.69 bits per heavy atom. The van der Waals surface area contributed by atoms with Gasteiger partial charge in [-0.15, -0.1) is 0 Å². The van der Waals surface area contributed by atoms with Gasteiger partial charge in [0.05, 0.1) is 0 Å². The van der Waals surface area contributed by atoms with E-state index in [0.29, 0.717) is 5.75 Å². The van der Waals surface area contributed by atoms with Crippen LogP contribution in [0.2, 0.25) is 0 Å². The molecule has 0 aliphatic rings. The number of fused-ring (bicyclic) bond motifs is 4. The third-order valence-electron chi connectivity index (χ3n) is 7.85. The summed E-state index contributed by atoms with van der Waals surface area (Å²) in [5.74, 6) is 4.44. The van der Waals surface area contributed by atoms with Crippen molar-refractivity contribution in [2.24, 2.45) is 0 Å². The minimum atomic E-state index is -2.72. The highest BCUT2D eigenvalue weighted by atomic mass is 32.2. The molecule has 0 N–H and O–H groups in total. The third kappa shape index (κ3) is 2.46. The molecule has 8 aromatic rings. The van der Waals surface area contributed by atoms with E-state index in [1.807, 2.05) is 6.07 Å². The second-order valence-corrected chi connectivity index (χ2v) is 12.1. The van der Waals surface area contributed by atoms with Gasteiger partial charge in [-0.1, -0.05) is 66.7 Å². The summed E-state index contributed by atoms with van der Waals surface area (Å²) in [6, 6.07) is 30.5. The molecule has 3 heteroatoms. The molecule has 36 heavy (non-hydrogen) atoms. The van der Waals surface area contributed by atoms with Gasteiger partial charge in [0.25, 0.3) is 0 Å². The zero-order chi connectivity index (χ0) is 24.3. The van der Waals surface area contributed by atoms with E-state index < -0.39 is 9.80 Å². The second kappa shape index (κ2) is 6.57. The van der Waals surface area contributed by atoms with E-state index in [0.717, 1.165) is 21.5 Å². The van der Waals surface area contributed by atoms with Crippen LogP contribution in [0.25, 0.3) is 75.4 Å². The molecular weight excluding hydrogens is 460 g/mol. The third-order valence-corrected chi connectivity index (χ3v) is 8.37.